The van der Waals surface area contributed by atoms with Crippen LogP contribution in [-0.2, 0) is 14.3 Å². The van der Waals surface area contributed by atoms with Gasteiger partial charge in [-0.25, -0.2) is 4.99 Å². The fraction of sp³-hybridized carbons (Fsp3) is 0.348. The van der Waals surface area contributed by atoms with Gasteiger partial charge in [0.1, 0.15) is 11.6 Å². The summed E-state index contributed by atoms with van der Waals surface area (Å²) >= 11 is 0. The Labute approximate surface area is 173 Å². The van der Waals surface area contributed by atoms with E-state index in [9.17, 15) is 10.1 Å². The molecule has 0 atom stereocenters. The maximum atomic E-state index is 12.4. The largest absolute Gasteiger partial charge is 0.378 e. The summed E-state index contributed by atoms with van der Waals surface area (Å²) in [4.78, 5) is 21.4. The zero-order chi connectivity index (χ0) is 20.2. The van der Waals surface area contributed by atoms with Gasteiger partial charge in [-0.3, -0.25) is 4.79 Å². The van der Waals surface area contributed by atoms with Crippen LogP contribution in [0.5, 0.6) is 0 Å². The number of allylic oxidation sites excluding steroid dienone is 1. The second kappa shape index (κ2) is 6.66. The van der Waals surface area contributed by atoms with Crippen LogP contribution >= 0.6 is 0 Å². The summed E-state index contributed by atoms with van der Waals surface area (Å²) in [6.45, 7) is 6.07. The van der Waals surface area contributed by atoms with Crippen molar-refractivity contribution in [3.63, 3.8) is 0 Å². The van der Waals surface area contributed by atoms with Gasteiger partial charge < -0.3 is 19.3 Å². The molecule has 0 N–H and O–H groups in total. The number of anilines is 2. The number of amides is 1. The van der Waals surface area contributed by atoms with Crippen LogP contribution in [0.1, 0.15) is 11.1 Å². The van der Waals surface area contributed by atoms with Crippen molar-refractivity contribution in [2.24, 2.45) is 4.99 Å². The summed E-state index contributed by atoms with van der Waals surface area (Å²) in [6, 6.07) is 10.6. The van der Waals surface area contributed by atoms with Crippen molar-refractivity contribution < 1.29 is 14.3 Å². The normalized spacial score (nSPS) is 20.6. The Bertz CT molecular complexity index is 1200. The molecule has 0 saturated carbocycles. The van der Waals surface area contributed by atoms with Crippen LogP contribution in [0.2, 0.25) is 0 Å². The van der Waals surface area contributed by atoms with Gasteiger partial charge in [-0.15, -0.1) is 0 Å². The molecule has 2 aromatic rings. The predicted molar refractivity (Wildman–Crippen MR) is 114 cm³/mol. The molecule has 3 heterocycles. The zero-order valence-corrected chi connectivity index (χ0v) is 16.5. The van der Waals surface area contributed by atoms with E-state index >= 15 is 0 Å². The minimum Gasteiger partial charge on any atom is -0.378 e. The van der Waals surface area contributed by atoms with Gasteiger partial charge in [-0.2, -0.15) is 5.26 Å². The molecule has 30 heavy (non-hydrogen) atoms. The highest BCUT2D eigenvalue weighted by atomic mass is 16.5. The van der Waals surface area contributed by atoms with E-state index in [1.54, 1.807) is 0 Å². The van der Waals surface area contributed by atoms with Crippen molar-refractivity contribution in [2.45, 2.75) is 0 Å². The Hall–Kier alpha value is -3.21. The van der Waals surface area contributed by atoms with Crippen molar-refractivity contribution in [3.05, 3.63) is 41.0 Å². The van der Waals surface area contributed by atoms with Crippen molar-refractivity contribution >= 4 is 39.3 Å². The second-order valence-corrected chi connectivity index (χ2v) is 7.84. The predicted octanol–water partition coefficient (Wildman–Crippen LogP) is 2.13. The summed E-state index contributed by atoms with van der Waals surface area (Å²) < 4.78 is 11.1. The van der Waals surface area contributed by atoms with Crippen molar-refractivity contribution in [1.82, 2.24) is 0 Å². The number of hydrogen-bond donors (Lipinski definition) is 0. The van der Waals surface area contributed by atoms with Crippen LogP contribution in [0.3, 0.4) is 0 Å². The Morgan fingerprint density at radius 1 is 0.900 bits per heavy atom. The van der Waals surface area contributed by atoms with Gasteiger partial charge in [0.05, 0.1) is 32.1 Å². The number of morpholine rings is 2. The van der Waals surface area contributed by atoms with Crippen LogP contribution in [0, 0.1) is 11.3 Å². The third-order valence-electron chi connectivity index (χ3n) is 6.37. The summed E-state index contributed by atoms with van der Waals surface area (Å²) in [5.41, 5.74) is 5.63. The number of rotatable bonds is 2. The molecule has 150 valence electrons. The van der Waals surface area contributed by atoms with Gasteiger partial charge in [0.15, 0.2) is 0 Å². The first kappa shape index (κ1) is 17.6. The summed E-state index contributed by atoms with van der Waals surface area (Å²) in [6.07, 6.45) is 0. The van der Waals surface area contributed by atoms with Crippen molar-refractivity contribution in [1.29, 1.82) is 5.26 Å². The minimum atomic E-state index is -0.435. The van der Waals surface area contributed by atoms with Crippen LogP contribution in [0.4, 0.5) is 11.4 Å². The minimum absolute atomic E-state index is 0.148. The number of fused-ring (bicyclic) bond motifs is 3. The number of nitrogens with zero attached hydrogens (tertiary/aromatic N) is 4. The van der Waals surface area contributed by atoms with Gasteiger partial charge in [0, 0.05) is 59.5 Å². The van der Waals surface area contributed by atoms with Gasteiger partial charge in [-0.05, 0) is 17.7 Å². The highest BCUT2D eigenvalue weighted by Gasteiger charge is 2.39. The monoisotopic (exact) mass is 400 g/mol. The van der Waals surface area contributed by atoms with Crippen LogP contribution in [0.25, 0.3) is 16.3 Å². The van der Waals surface area contributed by atoms with Gasteiger partial charge in [0.25, 0.3) is 5.91 Å². The van der Waals surface area contributed by atoms with E-state index in [4.69, 9.17) is 9.47 Å². The van der Waals surface area contributed by atoms with Crippen molar-refractivity contribution in [2.75, 3.05) is 62.4 Å². The molecule has 2 aromatic carbocycles. The number of hydrogen-bond acceptors (Lipinski definition) is 6. The lowest BCUT2D eigenvalue weighted by atomic mass is 9.99. The smallest absolute Gasteiger partial charge is 0.288 e. The van der Waals surface area contributed by atoms with Gasteiger partial charge >= 0.3 is 0 Å². The SMILES string of the molecule is N#CC1=C2C(=NC1=O)c1c(N3CCOCC3)ccc3c(N4CCOCC4)ccc2c13. The molecule has 6 rings (SSSR count). The molecule has 7 nitrogen and oxygen atoms in total. The third kappa shape index (κ3) is 2.38. The highest BCUT2D eigenvalue weighted by Crippen LogP contribution is 2.48. The molecule has 3 aliphatic heterocycles. The first-order valence-electron chi connectivity index (χ1n) is 10.3. The Kier molecular flexibility index (Phi) is 3.91. The Morgan fingerprint density at radius 3 is 2.20 bits per heavy atom. The van der Waals surface area contributed by atoms with Crippen molar-refractivity contribution in [3.8, 4) is 6.07 Å². The Balaban J connectivity index is 1.63. The molecule has 7 heteroatoms. The topological polar surface area (TPSA) is 78.2 Å². The quantitative estimate of drug-likeness (QED) is 0.769. The lowest BCUT2D eigenvalue weighted by Crippen LogP contribution is -2.37. The van der Waals surface area contributed by atoms with E-state index in [0.29, 0.717) is 37.7 Å². The molecule has 0 aromatic heterocycles. The van der Waals surface area contributed by atoms with Crippen LogP contribution < -0.4 is 9.80 Å². The fourth-order valence-corrected chi connectivity index (χ4v) is 5.00. The maximum Gasteiger partial charge on any atom is 0.288 e. The molecule has 4 aliphatic rings. The lowest BCUT2D eigenvalue weighted by Gasteiger charge is -2.32. The second-order valence-electron chi connectivity index (χ2n) is 7.84. The molecular formula is C23H20N4O3. The average Bonchev–Trinajstić information content (AvgIpc) is 3.29. The molecule has 0 radical (unpaired) electrons. The molecule has 2 fully saturated rings. The number of carbonyl (C=O) groups excluding carboxylic acids is 1. The van der Waals surface area contributed by atoms with E-state index in [-0.39, 0.29) is 5.57 Å². The van der Waals surface area contributed by atoms with E-state index in [1.807, 2.05) is 6.07 Å². The zero-order valence-electron chi connectivity index (χ0n) is 16.5. The van der Waals surface area contributed by atoms with Crippen LogP contribution in [-0.4, -0.2) is 64.2 Å². The summed E-state index contributed by atoms with van der Waals surface area (Å²) in [5, 5.41) is 11.9. The molecule has 2 saturated heterocycles. The first-order chi connectivity index (χ1) is 14.8. The molecule has 0 bridgehead atoms. The third-order valence-corrected chi connectivity index (χ3v) is 6.37. The Morgan fingerprint density at radius 2 is 1.53 bits per heavy atom. The molecule has 1 aliphatic carbocycles. The maximum absolute atomic E-state index is 12.4. The van der Waals surface area contributed by atoms with E-state index in [1.165, 1.54) is 0 Å². The van der Waals surface area contributed by atoms with E-state index in [0.717, 1.165) is 59.5 Å². The highest BCUT2D eigenvalue weighted by molar-refractivity contribution is 6.51. The number of benzene rings is 2. The molecular weight excluding hydrogens is 380 g/mol. The fourth-order valence-electron chi connectivity index (χ4n) is 5.00. The van der Waals surface area contributed by atoms with E-state index < -0.39 is 5.91 Å². The number of aliphatic imine (C=N–C) groups is 1. The molecule has 1 amide bonds. The number of carbonyl (C=O) groups is 1. The summed E-state index contributed by atoms with van der Waals surface area (Å²) in [5.74, 6) is -0.435. The molecule has 0 unspecified atom stereocenters. The van der Waals surface area contributed by atoms with Gasteiger partial charge in [-0.1, -0.05) is 12.1 Å². The van der Waals surface area contributed by atoms with Gasteiger partial charge in [0.2, 0.25) is 0 Å². The number of nitriles is 1. The van der Waals surface area contributed by atoms with Crippen LogP contribution in [0.15, 0.2) is 34.8 Å². The summed E-state index contributed by atoms with van der Waals surface area (Å²) in [7, 11) is 0. The van der Waals surface area contributed by atoms with E-state index in [2.05, 4.69) is 39.1 Å². The lowest BCUT2D eigenvalue weighted by molar-refractivity contribution is -0.113. The average molecular weight is 400 g/mol. The first-order valence-corrected chi connectivity index (χ1v) is 10.3. The number of ether oxygens (including phenoxy) is 2. The standard InChI is InChI=1S/C23H20N4O3/c24-13-16-20-15-2-3-17(26-5-9-29-10-6-26)14-1-4-18(27-7-11-30-12-8-27)21(19(14)15)22(20)25-23(16)28/h1-4H,5-12H2. The molecule has 0 spiro atoms.